The van der Waals surface area contributed by atoms with Gasteiger partial charge in [0.25, 0.3) is 0 Å². The molecule has 1 saturated heterocycles. The lowest BCUT2D eigenvalue weighted by Crippen LogP contribution is -2.53. The number of nitrogens with zero attached hydrogens (tertiary/aromatic N) is 1. The van der Waals surface area contributed by atoms with Gasteiger partial charge in [-0.3, -0.25) is 4.79 Å². The van der Waals surface area contributed by atoms with Gasteiger partial charge in [-0.15, -0.1) is 0 Å². The Kier molecular flexibility index (Phi) is 7.51. The van der Waals surface area contributed by atoms with Crippen LogP contribution >= 0.6 is 0 Å². The minimum absolute atomic E-state index is 0.0131. The van der Waals surface area contributed by atoms with E-state index in [-0.39, 0.29) is 12.1 Å². The Morgan fingerprint density at radius 1 is 0.906 bits per heavy atom. The second-order valence-corrected chi connectivity index (χ2v) is 9.92. The summed E-state index contributed by atoms with van der Waals surface area (Å²) >= 11 is 0. The summed E-state index contributed by atoms with van der Waals surface area (Å²) in [6, 6.07) is 20.4. The average molecular weight is 437 g/mol. The van der Waals surface area contributed by atoms with E-state index in [1.165, 1.54) is 12.8 Å². The van der Waals surface area contributed by atoms with Gasteiger partial charge >= 0.3 is 5.97 Å². The number of benzene rings is 2. The summed E-state index contributed by atoms with van der Waals surface area (Å²) in [6.45, 7) is 3.73. The highest BCUT2D eigenvalue weighted by Crippen LogP contribution is 2.40. The topological polar surface area (TPSA) is 35.5 Å². The van der Waals surface area contributed by atoms with Gasteiger partial charge in [0.1, 0.15) is 25.0 Å². The number of para-hydroxylation sites is 1. The number of piperidine rings is 1. The summed E-state index contributed by atoms with van der Waals surface area (Å²) in [5.41, 5.74) is 0.679. The van der Waals surface area contributed by atoms with Crippen molar-refractivity contribution >= 4 is 5.97 Å². The van der Waals surface area contributed by atoms with Gasteiger partial charge in [0.05, 0.1) is 25.6 Å². The molecule has 0 aromatic heterocycles. The fraction of sp³-hybridized carbons (Fsp3) is 0.536. The zero-order valence-electron chi connectivity index (χ0n) is 19.5. The van der Waals surface area contributed by atoms with E-state index in [9.17, 15) is 4.79 Å². The van der Waals surface area contributed by atoms with Crippen molar-refractivity contribution in [2.75, 3.05) is 33.3 Å². The molecule has 2 aromatic rings. The lowest BCUT2D eigenvalue weighted by molar-refractivity contribution is -0.915. The lowest BCUT2D eigenvalue weighted by atomic mass is 9.74. The van der Waals surface area contributed by atoms with Gasteiger partial charge in [0, 0.05) is 12.8 Å². The van der Waals surface area contributed by atoms with Crippen molar-refractivity contribution in [3.05, 3.63) is 66.2 Å². The largest absolute Gasteiger partial charge is 0.488 e. The molecule has 1 saturated carbocycles. The van der Waals surface area contributed by atoms with Gasteiger partial charge in [0.2, 0.25) is 0 Å². The number of likely N-dealkylation sites (N-methyl/N-ethyl adjacent to an activating group) is 1. The van der Waals surface area contributed by atoms with E-state index in [2.05, 4.69) is 31.3 Å². The van der Waals surface area contributed by atoms with E-state index >= 15 is 0 Å². The summed E-state index contributed by atoms with van der Waals surface area (Å²) in [5, 5.41) is 0. The van der Waals surface area contributed by atoms with Crippen LogP contribution in [0.3, 0.4) is 0 Å². The van der Waals surface area contributed by atoms with Crippen LogP contribution < -0.4 is 4.74 Å². The van der Waals surface area contributed by atoms with Crippen molar-refractivity contribution in [1.82, 2.24) is 0 Å². The predicted octanol–water partition coefficient (Wildman–Crippen LogP) is 5.51. The lowest BCUT2D eigenvalue weighted by Gasteiger charge is -2.41. The normalized spacial score (nSPS) is 25.5. The molecule has 0 N–H and O–H groups in total. The van der Waals surface area contributed by atoms with E-state index < -0.39 is 5.41 Å². The van der Waals surface area contributed by atoms with Crippen LogP contribution in [-0.4, -0.2) is 49.8 Å². The van der Waals surface area contributed by atoms with Gasteiger partial charge in [-0.2, -0.15) is 0 Å². The second-order valence-electron chi connectivity index (χ2n) is 9.92. The highest BCUT2D eigenvalue weighted by molar-refractivity contribution is 5.83. The Bertz CT molecular complexity index is 835. The number of likely N-dealkylation sites (tertiary alicyclic amines) is 1. The Morgan fingerprint density at radius 2 is 1.50 bits per heavy atom. The van der Waals surface area contributed by atoms with Crippen molar-refractivity contribution in [3.8, 4) is 5.75 Å². The van der Waals surface area contributed by atoms with Gasteiger partial charge in [-0.25, -0.2) is 0 Å². The molecule has 0 spiro atoms. The number of ether oxygens (including phenoxy) is 2. The number of hydrogen-bond acceptors (Lipinski definition) is 3. The first kappa shape index (κ1) is 22.8. The van der Waals surface area contributed by atoms with Crippen LogP contribution in [0.15, 0.2) is 60.7 Å². The predicted molar refractivity (Wildman–Crippen MR) is 128 cm³/mol. The molecular formula is C28H38NO3+. The number of rotatable bonds is 7. The smallest absolute Gasteiger partial charge is 0.316 e. The van der Waals surface area contributed by atoms with Gasteiger partial charge in [-0.05, 0) is 30.5 Å². The number of quaternary nitrogens is 1. The fourth-order valence-electron chi connectivity index (χ4n) is 5.37. The number of carbonyl (C=O) groups is 1. The quantitative estimate of drug-likeness (QED) is 0.326. The van der Waals surface area contributed by atoms with Gasteiger partial charge in [-0.1, -0.05) is 74.2 Å². The van der Waals surface area contributed by atoms with Gasteiger partial charge < -0.3 is 14.0 Å². The Labute approximate surface area is 193 Å². The second kappa shape index (κ2) is 10.5. The fourth-order valence-corrected chi connectivity index (χ4v) is 5.37. The maximum atomic E-state index is 13.6. The van der Waals surface area contributed by atoms with Crippen LogP contribution in [0.5, 0.6) is 5.75 Å². The molecule has 1 aliphatic carbocycles. The molecule has 1 aliphatic heterocycles. The third-order valence-corrected chi connectivity index (χ3v) is 7.57. The van der Waals surface area contributed by atoms with E-state index in [1.54, 1.807) is 0 Å². The van der Waals surface area contributed by atoms with Crippen molar-refractivity contribution in [1.29, 1.82) is 0 Å². The third-order valence-electron chi connectivity index (χ3n) is 7.57. The molecule has 2 fully saturated rings. The molecule has 1 heterocycles. The minimum Gasteiger partial charge on any atom is -0.488 e. The summed E-state index contributed by atoms with van der Waals surface area (Å²) in [5.74, 6) is 0.941. The van der Waals surface area contributed by atoms with Crippen molar-refractivity contribution in [2.45, 2.75) is 62.9 Å². The minimum atomic E-state index is -0.461. The van der Waals surface area contributed by atoms with Crippen molar-refractivity contribution < 1.29 is 18.8 Å². The Hall–Kier alpha value is -2.33. The van der Waals surface area contributed by atoms with Crippen LogP contribution in [0.25, 0.3) is 0 Å². The monoisotopic (exact) mass is 436 g/mol. The standard InChI is InChI=1S/C28H38NO3/c1-29(22-23-31-25-14-8-5-9-15-25)20-16-26(17-21-29)32-27(30)28(18-10-2-3-11-19-28)24-12-6-4-7-13-24/h4-9,12-15,26H,2-3,10-11,16-23H2,1H3/q+1. The molecule has 0 unspecified atom stereocenters. The molecule has 2 aliphatic rings. The number of hydrogen-bond donors (Lipinski definition) is 0. The average Bonchev–Trinajstić information content (AvgIpc) is 3.09. The Balaban J connectivity index is 1.32. The maximum absolute atomic E-state index is 13.6. The highest BCUT2D eigenvalue weighted by Gasteiger charge is 2.43. The first-order valence-electron chi connectivity index (χ1n) is 12.4. The number of carbonyl (C=O) groups excluding carboxylic acids is 1. The molecule has 0 bridgehead atoms. The molecule has 172 valence electrons. The summed E-state index contributed by atoms with van der Waals surface area (Å²) in [6.07, 6.45) is 8.35. The van der Waals surface area contributed by atoms with Gasteiger partial charge in [0.15, 0.2) is 0 Å². The molecule has 0 atom stereocenters. The van der Waals surface area contributed by atoms with E-state index in [0.29, 0.717) is 6.61 Å². The number of esters is 1. The Morgan fingerprint density at radius 3 is 2.12 bits per heavy atom. The van der Waals surface area contributed by atoms with Crippen molar-refractivity contribution in [2.24, 2.45) is 0 Å². The van der Waals surface area contributed by atoms with E-state index in [1.807, 2.05) is 36.4 Å². The first-order chi connectivity index (χ1) is 15.6. The molecular weight excluding hydrogens is 398 g/mol. The SMILES string of the molecule is C[N+]1(CCOc2ccccc2)CCC(OC(=O)C2(c3ccccc3)CCCCCC2)CC1. The van der Waals surface area contributed by atoms with Crippen LogP contribution in [0.2, 0.25) is 0 Å². The summed E-state index contributed by atoms with van der Waals surface area (Å²) in [4.78, 5) is 13.6. The maximum Gasteiger partial charge on any atom is 0.316 e. The zero-order valence-corrected chi connectivity index (χ0v) is 19.5. The molecule has 32 heavy (non-hydrogen) atoms. The molecule has 0 radical (unpaired) electrons. The van der Waals surface area contributed by atoms with Crippen molar-refractivity contribution in [3.63, 3.8) is 0 Å². The molecule has 2 aromatic carbocycles. The molecule has 0 amide bonds. The third kappa shape index (κ3) is 5.53. The molecule has 4 heteroatoms. The molecule has 4 nitrogen and oxygen atoms in total. The van der Waals surface area contributed by atoms with E-state index in [4.69, 9.17) is 9.47 Å². The summed E-state index contributed by atoms with van der Waals surface area (Å²) in [7, 11) is 2.29. The molecule has 4 rings (SSSR count). The summed E-state index contributed by atoms with van der Waals surface area (Å²) < 4.78 is 13.1. The van der Waals surface area contributed by atoms with Crippen LogP contribution in [0.1, 0.15) is 56.9 Å². The highest BCUT2D eigenvalue weighted by atomic mass is 16.5. The van der Waals surface area contributed by atoms with Crippen LogP contribution in [0, 0.1) is 0 Å². The van der Waals surface area contributed by atoms with Crippen LogP contribution in [-0.2, 0) is 14.9 Å². The van der Waals surface area contributed by atoms with Crippen LogP contribution in [0.4, 0.5) is 0 Å². The van der Waals surface area contributed by atoms with E-state index in [0.717, 1.165) is 74.0 Å². The zero-order chi connectivity index (χ0) is 22.3. The first-order valence-corrected chi connectivity index (χ1v) is 12.4.